The van der Waals surface area contributed by atoms with Crippen molar-refractivity contribution >= 4 is 5.91 Å². The van der Waals surface area contributed by atoms with Crippen LogP contribution in [0.2, 0.25) is 0 Å². The number of carbonyl (C=O) groups excluding carboxylic acids is 1. The second kappa shape index (κ2) is 6.08. The maximum absolute atomic E-state index is 11.6. The Hall–Kier alpha value is -0.610. The lowest BCUT2D eigenvalue weighted by Gasteiger charge is -2.16. The predicted octanol–water partition coefficient (Wildman–Crippen LogP) is 0.689. The number of rotatable bonds is 5. The highest BCUT2D eigenvalue weighted by Crippen LogP contribution is 2.19. The molecule has 2 N–H and O–H groups in total. The Morgan fingerprint density at radius 1 is 1.67 bits per heavy atom. The molecule has 1 saturated heterocycles. The standard InChI is InChI=1S/C11H21NO3/c1-3-4-9(13)7-12-11(14)10-8(2)5-6-15-10/h8-10,13H,3-7H2,1-2H3,(H,12,14). The van der Waals surface area contributed by atoms with Gasteiger partial charge in [0.25, 0.3) is 0 Å². The van der Waals surface area contributed by atoms with Gasteiger partial charge in [0.05, 0.1) is 6.10 Å². The number of aliphatic hydroxyl groups is 1. The zero-order chi connectivity index (χ0) is 11.3. The number of carbonyl (C=O) groups is 1. The first-order chi connectivity index (χ1) is 7.15. The van der Waals surface area contributed by atoms with Gasteiger partial charge >= 0.3 is 0 Å². The zero-order valence-corrected chi connectivity index (χ0v) is 9.53. The van der Waals surface area contributed by atoms with Crippen molar-refractivity contribution < 1.29 is 14.6 Å². The van der Waals surface area contributed by atoms with Crippen molar-refractivity contribution in [3.63, 3.8) is 0 Å². The molecule has 1 heterocycles. The summed E-state index contributed by atoms with van der Waals surface area (Å²) < 4.78 is 5.33. The Morgan fingerprint density at radius 3 is 2.93 bits per heavy atom. The van der Waals surface area contributed by atoms with E-state index in [-0.39, 0.29) is 17.9 Å². The molecule has 0 bridgehead atoms. The lowest BCUT2D eigenvalue weighted by Crippen LogP contribution is -2.40. The third-order valence-electron chi connectivity index (χ3n) is 2.78. The van der Waals surface area contributed by atoms with Gasteiger partial charge in [-0.05, 0) is 18.8 Å². The molecular weight excluding hydrogens is 194 g/mol. The molecule has 1 aliphatic rings. The zero-order valence-electron chi connectivity index (χ0n) is 9.53. The molecule has 4 nitrogen and oxygen atoms in total. The fourth-order valence-electron chi connectivity index (χ4n) is 1.78. The number of aliphatic hydroxyl groups excluding tert-OH is 1. The molecule has 1 rings (SSSR count). The number of hydrogen-bond donors (Lipinski definition) is 2. The predicted molar refractivity (Wildman–Crippen MR) is 57.4 cm³/mol. The summed E-state index contributed by atoms with van der Waals surface area (Å²) in [6.45, 7) is 5.02. The fourth-order valence-corrected chi connectivity index (χ4v) is 1.78. The van der Waals surface area contributed by atoms with E-state index in [4.69, 9.17) is 4.74 Å². The summed E-state index contributed by atoms with van der Waals surface area (Å²) in [4.78, 5) is 11.6. The average Bonchev–Trinajstić information content (AvgIpc) is 2.61. The second-order valence-electron chi connectivity index (χ2n) is 4.25. The van der Waals surface area contributed by atoms with Gasteiger partial charge in [-0.1, -0.05) is 20.3 Å². The van der Waals surface area contributed by atoms with Crippen LogP contribution >= 0.6 is 0 Å². The summed E-state index contributed by atoms with van der Waals surface area (Å²) in [5.41, 5.74) is 0. The van der Waals surface area contributed by atoms with E-state index in [2.05, 4.69) is 5.32 Å². The van der Waals surface area contributed by atoms with Gasteiger partial charge in [-0.3, -0.25) is 4.79 Å². The van der Waals surface area contributed by atoms with E-state index in [0.717, 1.165) is 19.3 Å². The highest BCUT2D eigenvalue weighted by atomic mass is 16.5. The molecule has 0 radical (unpaired) electrons. The minimum atomic E-state index is -0.435. The molecule has 0 aromatic carbocycles. The average molecular weight is 215 g/mol. The Kier molecular flexibility index (Phi) is 5.05. The molecule has 3 atom stereocenters. The molecular formula is C11H21NO3. The first-order valence-electron chi connectivity index (χ1n) is 5.72. The lowest BCUT2D eigenvalue weighted by molar-refractivity contribution is -0.132. The Morgan fingerprint density at radius 2 is 2.40 bits per heavy atom. The molecule has 4 heteroatoms. The third-order valence-corrected chi connectivity index (χ3v) is 2.78. The van der Waals surface area contributed by atoms with Crippen molar-refractivity contribution in [2.75, 3.05) is 13.2 Å². The van der Waals surface area contributed by atoms with Crippen LogP contribution in [0, 0.1) is 5.92 Å². The van der Waals surface area contributed by atoms with Crippen LogP contribution < -0.4 is 5.32 Å². The topological polar surface area (TPSA) is 58.6 Å². The van der Waals surface area contributed by atoms with Gasteiger partial charge in [-0.25, -0.2) is 0 Å². The van der Waals surface area contributed by atoms with E-state index < -0.39 is 6.10 Å². The molecule has 3 unspecified atom stereocenters. The van der Waals surface area contributed by atoms with E-state index >= 15 is 0 Å². The molecule has 0 aliphatic carbocycles. The minimum Gasteiger partial charge on any atom is -0.391 e. The molecule has 88 valence electrons. The van der Waals surface area contributed by atoms with Gasteiger partial charge in [-0.15, -0.1) is 0 Å². The lowest BCUT2D eigenvalue weighted by atomic mass is 10.0. The highest BCUT2D eigenvalue weighted by Gasteiger charge is 2.30. The van der Waals surface area contributed by atoms with Crippen LogP contribution in [0.15, 0.2) is 0 Å². The summed E-state index contributed by atoms with van der Waals surface area (Å²) >= 11 is 0. The van der Waals surface area contributed by atoms with Gasteiger partial charge in [0, 0.05) is 13.2 Å². The van der Waals surface area contributed by atoms with Crippen LogP contribution in [-0.4, -0.2) is 36.4 Å². The molecule has 0 aromatic rings. The van der Waals surface area contributed by atoms with Crippen molar-refractivity contribution in [2.45, 2.75) is 45.3 Å². The van der Waals surface area contributed by atoms with Crippen LogP contribution in [-0.2, 0) is 9.53 Å². The quantitative estimate of drug-likeness (QED) is 0.709. The monoisotopic (exact) mass is 215 g/mol. The summed E-state index contributed by atoms with van der Waals surface area (Å²) in [5, 5.41) is 12.2. The minimum absolute atomic E-state index is 0.0878. The van der Waals surface area contributed by atoms with Gasteiger partial charge in [0.1, 0.15) is 6.10 Å². The Labute approximate surface area is 91.0 Å². The number of amides is 1. The summed E-state index contributed by atoms with van der Waals surface area (Å²) in [6, 6.07) is 0. The third kappa shape index (κ3) is 3.80. The number of ether oxygens (including phenoxy) is 1. The molecule has 0 saturated carbocycles. The Bertz CT molecular complexity index is 208. The molecule has 1 amide bonds. The van der Waals surface area contributed by atoms with Gasteiger partial charge in [0.2, 0.25) is 5.91 Å². The van der Waals surface area contributed by atoms with Crippen LogP contribution in [0.5, 0.6) is 0 Å². The molecule has 0 aromatic heterocycles. The highest BCUT2D eigenvalue weighted by molar-refractivity contribution is 5.81. The SMILES string of the molecule is CCCC(O)CNC(=O)C1OCCC1C. The first kappa shape index (κ1) is 12.5. The van der Waals surface area contributed by atoms with E-state index in [1.54, 1.807) is 0 Å². The van der Waals surface area contributed by atoms with Gasteiger partial charge < -0.3 is 15.2 Å². The van der Waals surface area contributed by atoms with Crippen molar-refractivity contribution in [3.05, 3.63) is 0 Å². The maximum atomic E-state index is 11.6. The van der Waals surface area contributed by atoms with Crippen LogP contribution in [0.4, 0.5) is 0 Å². The smallest absolute Gasteiger partial charge is 0.249 e. The van der Waals surface area contributed by atoms with Crippen LogP contribution in [0.1, 0.15) is 33.1 Å². The number of nitrogens with one attached hydrogen (secondary N) is 1. The first-order valence-corrected chi connectivity index (χ1v) is 5.72. The van der Waals surface area contributed by atoms with Crippen molar-refractivity contribution in [1.29, 1.82) is 0 Å². The van der Waals surface area contributed by atoms with Crippen molar-refractivity contribution in [2.24, 2.45) is 5.92 Å². The summed E-state index contributed by atoms with van der Waals surface area (Å²) in [7, 11) is 0. The summed E-state index contributed by atoms with van der Waals surface area (Å²) in [5.74, 6) is 0.198. The van der Waals surface area contributed by atoms with E-state index in [1.807, 2.05) is 13.8 Å². The van der Waals surface area contributed by atoms with E-state index in [1.165, 1.54) is 0 Å². The summed E-state index contributed by atoms with van der Waals surface area (Å²) in [6.07, 6.45) is 1.83. The van der Waals surface area contributed by atoms with Crippen molar-refractivity contribution in [1.82, 2.24) is 5.32 Å². The number of hydrogen-bond acceptors (Lipinski definition) is 3. The van der Waals surface area contributed by atoms with E-state index in [0.29, 0.717) is 13.2 Å². The molecule has 1 aliphatic heterocycles. The van der Waals surface area contributed by atoms with Gasteiger partial charge in [-0.2, -0.15) is 0 Å². The normalized spacial score (nSPS) is 27.7. The van der Waals surface area contributed by atoms with E-state index in [9.17, 15) is 9.90 Å². The van der Waals surface area contributed by atoms with Gasteiger partial charge in [0.15, 0.2) is 0 Å². The largest absolute Gasteiger partial charge is 0.391 e. The Balaban J connectivity index is 2.23. The van der Waals surface area contributed by atoms with Crippen LogP contribution in [0.3, 0.4) is 0 Å². The molecule has 0 spiro atoms. The van der Waals surface area contributed by atoms with Crippen LogP contribution in [0.25, 0.3) is 0 Å². The fraction of sp³-hybridized carbons (Fsp3) is 0.909. The molecule has 1 fully saturated rings. The van der Waals surface area contributed by atoms with Crippen molar-refractivity contribution in [3.8, 4) is 0 Å². The maximum Gasteiger partial charge on any atom is 0.249 e. The molecule has 15 heavy (non-hydrogen) atoms. The second-order valence-corrected chi connectivity index (χ2v) is 4.25.